The van der Waals surface area contributed by atoms with Crippen LogP contribution in [0.25, 0.3) is 5.65 Å². The first-order valence-electron chi connectivity index (χ1n) is 13.7. The van der Waals surface area contributed by atoms with Crippen molar-refractivity contribution in [2.75, 3.05) is 0 Å². The van der Waals surface area contributed by atoms with E-state index < -0.39 is 48.8 Å². The Morgan fingerprint density at radius 2 is 1.81 bits per heavy atom. The van der Waals surface area contributed by atoms with Crippen LogP contribution < -0.4 is 10.6 Å². The van der Waals surface area contributed by atoms with Crippen LogP contribution in [0.1, 0.15) is 90.6 Å². The van der Waals surface area contributed by atoms with E-state index in [0.717, 1.165) is 12.8 Å². The summed E-state index contributed by atoms with van der Waals surface area (Å²) in [6.07, 6.45) is 0.596. The molecule has 5 rings (SSSR count). The van der Waals surface area contributed by atoms with E-state index in [1.165, 1.54) is 29.2 Å². The average Bonchev–Trinajstić information content (AvgIpc) is 3.71. The molecule has 0 bridgehead atoms. The molecule has 2 aliphatic rings. The maximum Gasteiger partial charge on any atom is 0.389 e. The molecule has 1 unspecified atom stereocenters. The van der Waals surface area contributed by atoms with Crippen LogP contribution in [0.4, 0.5) is 22.0 Å². The molecule has 0 spiro atoms. The topological polar surface area (TPSA) is 125 Å². The summed E-state index contributed by atoms with van der Waals surface area (Å²) in [4.78, 5) is 34.1. The van der Waals surface area contributed by atoms with Gasteiger partial charge in [-0.2, -0.15) is 23.5 Å². The van der Waals surface area contributed by atoms with Gasteiger partial charge in [0.15, 0.2) is 5.65 Å². The highest BCUT2D eigenvalue weighted by Gasteiger charge is 2.40. The van der Waals surface area contributed by atoms with Crippen LogP contribution in [0.2, 0.25) is 0 Å². The van der Waals surface area contributed by atoms with Crippen molar-refractivity contribution in [2.45, 2.75) is 75.5 Å². The van der Waals surface area contributed by atoms with E-state index in [9.17, 15) is 36.8 Å². The number of halogens is 5. The van der Waals surface area contributed by atoms with Gasteiger partial charge in [0, 0.05) is 31.7 Å². The minimum Gasteiger partial charge on any atom is -0.349 e. The van der Waals surface area contributed by atoms with Crippen LogP contribution >= 0.6 is 0 Å². The second-order valence-electron chi connectivity index (χ2n) is 10.9. The van der Waals surface area contributed by atoms with Crippen molar-refractivity contribution in [3.8, 4) is 6.07 Å². The third-order valence-corrected chi connectivity index (χ3v) is 7.79. The molecular weight excluding hydrogens is 561 g/mol. The summed E-state index contributed by atoms with van der Waals surface area (Å²) in [5.41, 5.74) is 1.47. The van der Waals surface area contributed by atoms with E-state index in [0.29, 0.717) is 16.9 Å². The zero-order valence-corrected chi connectivity index (χ0v) is 22.4. The quantitative estimate of drug-likeness (QED) is 0.331. The van der Waals surface area contributed by atoms with E-state index in [-0.39, 0.29) is 48.6 Å². The van der Waals surface area contributed by atoms with Crippen molar-refractivity contribution >= 4 is 17.5 Å². The summed E-state index contributed by atoms with van der Waals surface area (Å²) in [6, 6.07) is 3.72. The van der Waals surface area contributed by atoms with Crippen LogP contribution in [0, 0.1) is 23.2 Å². The van der Waals surface area contributed by atoms with Crippen molar-refractivity contribution in [3.05, 3.63) is 59.3 Å². The van der Waals surface area contributed by atoms with Gasteiger partial charge in [-0.15, -0.1) is 0 Å². The van der Waals surface area contributed by atoms with E-state index >= 15 is 0 Å². The first kappa shape index (κ1) is 29.3. The fourth-order valence-electron chi connectivity index (χ4n) is 5.35. The van der Waals surface area contributed by atoms with E-state index in [1.54, 1.807) is 12.3 Å². The highest BCUT2D eigenvalue weighted by Crippen LogP contribution is 2.43. The lowest BCUT2D eigenvalue weighted by Crippen LogP contribution is -2.37. The van der Waals surface area contributed by atoms with E-state index in [1.807, 2.05) is 6.07 Å². The van der Waals surface area contributed by atoms with Crippen LogP contribution in [0.3, 0.4) is 0 Å². The van der Waals surface area contributed by atoms with Crippen LogP contribution in [0.15, 0.2) is 36.9 Å². The number of imidazole rings is 1. The SMILES string of the molecule is N#Cc1ccncc1C(=O)N[C@H](c1cn2ncc(C(NC(=O)CCC(F)(F)F)C3CC3)cc2n1)C1CCC(F)(F)CC1. The van der Waals surface area contributed by atoms with Gasteiger partial charge in [0.1, 0.15) is 6.07 Å². The summed E-state index contributed by atoms with van der Waals surface area (Å²) in [6.45, 7) is 0. The van der Waals surface area contributed by atoms with Crippen molar-refractivity contribution < 1.29 is 31.5 Å². The monoisotopic (exact) mass is 589 g/mol. The summed E-state index contributed by atoms with van der Waals surface area (Å²) < 4.78 is 67.2. The Morgan fingerprint density at radius 1 is 1.10 bits per heavy atom. The molecule has 2 amide bonds. The molecule has 2 aliphatic carbocycles. The third kappa shape index (κ3) is 7.00. The molecule has 2 atom stereocenters. The zero-order valence-electron chi connectivity index (χ0n) is 22.4. The normalized spacial score (nSPS) is 18.7. The van der Waals surface area contributed by atoms with Crippen molar-refractivity contribution in [1.82, 2.24) is 30.2 Å². The van der Waals surface area contributed by atoms with Crippen LogP contribution in [0.5, 0.6) is 0 Å². The number of carbonyl (C=O) groups excluding carboxylic acids is 2. The molecule has 0 radical (unpaired) electrons. The lowest BCUT2D eigenvalue weighted by Gasteiger charge is -2.33. The number of amides is 2. The molecule has 2 saturated carbocycles. The van der Waals surface area contributed by atoms with Gasteiger partial charge in [0.2, 0.25) is 11.8 Å². The van der Waals surface area contributed by atoms with Gasteiger partial charge < -0.3 is 10.6 Å². The number of hydrogen-bond acceptors (Lipinski definition) is 6. The van der Waals surface area contributed by atoms with Crippen LogP contribution in [-0.2, 0) is 4.79 Å². The number of hydrogen-bond donors (Lipinski definition) is 2. The standard InChI is InChI=1S/C28H28F5N7O2/c29-27(30)7-3-17(4-8-27)25(39-26(42)20-14-35-10-6-18(20)12-34)21-15-40-22(37-21)11-19(13-36-40)24(16-1-2-16)38-23(41)5-9-28(31,32)33/h6,10-11,13-17,24-25H,1-5,7-9H2,(H,38,41)(H,39,42)/t24?,25-/m0/s1. The number of rotatable bonds is 9. The smallest absolute Gasteiger partial charge is 0.349 e. The maximum atomic E-state index is 14.0. The predicted octanol–water partition coefficient (Wildman–Crippen LogP) is 5.20. The maximum absolute atomic E-state index is 14.0. The predicted molar refractivity (Wildman–Crippen MR) is 138 cm³/mol. The van der Waals surface area contributed by atoms with E-state index in [2.05, 4.69) is 25.7 Å². The lowest BCUT2D eigenvalue weighted by atomic mass is 9.81. The van der Waals surface area contributed by atoms with Gasteiger partial charge in [-0.1, -0.05) is 0 Å². The van der Waals surface area contributed by atoms with E-state index in [4.69, 9.17) is 0 Å². The van der Waals surface area contributed by atoms with Gasteiger partial charge in [-0.25, -0.2) is 18.3 Å². The summed E-state index contributed by atoms with van der Waals surface area (Å²) >= 11 is 0. The number of alkyl halides is 5. The molecule has 3 aromatic heterocycles. The Bertz CT molecular complexity index is 1500. The van der Waals surface area contributed by atoms with Gasteiger partial charge >= 0.3 is 6.18 Å². The molecule has 0 aliphatic heterocycles. The number of nitriles is 1. The molecule has 9 nitrogen and oxygen atoms in total. The average molecular weight is 590 g/mol. The first-order chi connectivity index (χ1) is 19.9. The second-order valence-corrected chi connectivity index (χ2v) is 10.9. The Morgan fingerprint density at radius 3 is 2.48 bits per heavy atom. The number of aromatic nitrogens is 4. The fourth-order valence-corrected chi connectivity index (χ4v) is 5.35. The first-order valence-corrected chi connectivity index (χ1v) is 13.7. The number of pyridine rings is 1. The minimum atomic E-state index is -4.44. The molecule has 3 aromatic rings. The number of carbonyl (C=O) groups is 2. The van der Waals surface area contributed by atoms with Gasteiger partial charge in [-0.3, -0.25) is 14.6 Å². The molecule has 42 heavy (non-hydrogen) atoms. The number of nitrogens with one attached hydrogen (secondary N) is 2. The molecule has 14 heteroatoms. The van der Waals surface area contributed by atoms with Gasteiger partial charge in [0.05, 0.1) is 47.7 Å². The Kier molecular flexibility index (Phi) is 8.12. The highest BCUT2D eigenvalue weighted by molar-refractivity contribution is 5.96. The summed E-state index contributed by atoms with van der Waals surface area (Å²) in [5, 5.41) is 19.4. The molecule has 3 heterocycles. The van der Waals surface area contributed by atoms with Gasteiger partial charge in [-0.05, 0) is 55.2 Å². The lowest BCUT2D eigenvalue weighted by molar-refractivity contribution is -0.144. The largest absolute Gasteiger partial charge is 0.389 e. The molecule has 0 saturated heterocycles. The fraction of sp³-hybridized carbons (Fsp3) is 0.500. The van der Waals surface area contributed by atoms with Crippen molar-refractivity contribution in [1.29, 1.82) is 5.26 Å². The third-order valence-electron chi connectivity index (χ3n) is 7.79. The van der Waals surface area contributed by atoms with Crippen molar-refractivity contribution in [3.63, 3.8) is 0 Å². The minimum absolute atomic E-state index is 0.0452. The molecule has 2 N–H and O–H groups in total. The summed E-state index contributed by atoms with van der Waals surface area (Å²) in [7, 11) is 0. The Balaban J connectivity index is 1.41. The number of fused-ring (bicyclic) bond motifs is 1. The molecule has 0 aromatic carbocycles. The highest BCUT2D eigenvalue weighted by atomic mass is 19.4. The molecular formula is C28H28F5N7O2. The Hall–Kier alpha value is -4.15. The Labute approximate surface area is 237 Å². The van der Waals surface area contributed by atoms with Gasteiger partial charge in [0.25, 0.3) is 5.91 Å². The second kappa shape index (κ2) is 11.6. The molecule has 2 fully saturated rings. The molecule has 222 valence electrons. The number of nitrogens with zero attached hydrogens (tertiary/aromatic N) is 5. The van der Waals surface area contributed by atoms with Crippen LogP contribution in [-0.4, -0.2) is 43.5 Å². The van der Waals surface area contributed by atoms with Crippen molar-refractivity contribution in [2.24, 2.45) is 11.8 Å². The zero-order chi connectivity index (χ0) is 30.1. The summed E-state index contributed by atoms with van der Waals surface area (Å²) in [5.74, 6) is -4.41.